The van der Waals surface area contributed by atoms with Gasteiger partial charge in [0.1, 0.15) is 0 Å². The Hall–Kier alpha value is -5.06. The van der Waals surface area contributed by atoms with Crippen molar-refractivity contribution in [3.63, 3.8) is 0 Å². The lowest BCUT2D eigenvalue weighted by atomic mass is 9.36. The molecule has 10 rings (SSSR count). The molecule has 0 N–H and O–H groups in total. The topological polar surface area (TPSA) is 6.48 Å². The summed E-state index contributed by atoms with van der Waals surface area (Å²) in [5.74, 6) is 0. The van der Waals surface area contributed by atoms with Crippen LogP contribution in [0.3, 0.4) is 0 Å². The summed E-state index contributed by atoms with van der Waals surface area (Å²) in [7, 11) is 0. The fourth-order valence-electron chi connectivity index (χ4n) is 12.3. The molecular formula is C66H79BN2S. The Labute approximate surface area is 427 Å². The second-order valence-corrected chi connectivity index (χ2v) is 29.2. The van der Waals surface area contributed by atoms with E-state index in [9.17, 15) is 0 Å². The molecule has 0 unspecified atom stereocenters. The van der Waals surface area contributed by atoms with Crippen molar-refractivity contribution in [2.75, 3.05) is 9.80 Å². The van der Waals surface area contributed by atoms with Crippen LogP contribution in [0.5, 0.6) is 0 Å². The van der Waals surface area contributed by atoms with Crippen LogP contribution >= 0.6 is 11.3 Å². The van der Waals surface area contributed by atoms with Crippen LogP contribution < -0.4 is 25.5 Å². The normalized spacial score (nSPS) is 16.4. The van der Waals surface area contributed by atoms with Crippen LogP contribution in [0.25, 0.3) is 21.2 Å². The second kappa shape index (κ2) is 15.5. The molecule has 6 aromatic carbocycles. The molecule has 0 atom stereocenters. The minimum absolute atomic E-state index is 0.00713. The first-order valence-electron chi connectivity index (χ1n) is 26.2. The summed E-state index contributed by atoms with van der Waals surface area (Å²) in [4.78, 5) is 5.38. The van der Waals surface area contributed by atoms with Crippen LogP contribution in [0.2, 0.25) is 0 Å². The molecule has 0 bridgehead atoms. The van der Waals surface area contributed by atoms with Crippen molar-refractivity contribution in [1.82, 2.24) is 0 Å². The first-order valence-corrected chi connectivity index (χ1v) is 27.0. The zero-order valence-corrected chi connectivity index (χ0v) is 47.2. The average molecular weight is 943 g/mol. The number of benzene rings is 6. The van der Waals surface area contributed by atoms with Gasteiger partial charge in [-0.3, -0.25) is 0 Å². The Morgan fingerprint density at radius 3 is 1.57 bits per heavy atom. The standard InChI is InChI=1S/C66H79BN2S/c1-39-29-54-57-55(30-39)69(52-26-21-41(60(2,3)4)34-47(52)40-31-44(63(11,12)13)33-45(32-40)64(14,15)16)53-27-22-43(62(8,9)10)36-51(53)67(57)59-58(48-35-42(61(5,6)7)23-28-56(48)70-59)68(54)46-24-25-49-50(37-46)66(19,20)38-65(49,17)18/h21-37H,38H2,1-20H3. The summed E-state index contributed by atoms with van der Waals surface area (Å²) in [5.41, 5.74) is 24.1. The predicted octanol–water partition coefficient (Wildman–Crippen LogP) is 17.4. The number of fused-ring (bicyclic) bond motifs is 7. The van der Waals surface area contributed by atoms with E-state index in [1.165, 1.54) is 116 Å². The van der Waals surface area contributed by atoms with E-state index in [0.717, 1.165) is 6.42 Å². The Bertz CT molecular complexity index is 3250. The third-order valence-corrected chi connectivity index (χ3v) is 17.4. The summed E-state index contributed by atoms with van der Waals surface area (Å²) < 4.78 is 2.78. The van der Waals surface area contributed by atoms with Gasteiger partial charge in [-0.2, -0.15) is 0 Å². The number of thiophene rings is 1. The van der Waals surface area contributed by atoms with Gasteiger partial charge in [0.15, 0.2) is 0 Å². The van der Waals surface area contributed by atoms with Gasteiger partial charge >= 0.3 is 0 Å². The van der Waals surface area contributed by atoms with Crippen LogP contribution in [-0.4, -0.2) is 6.71 Å². The van der Waals surface area contributed by atoms with Crippen molar-refractivity contribution in [3.8, 4) is 11.1 Å². The molecule has 0 saturated carbocycles. The molecule has 362 valence electrons. The highest BCUT2D eigenvalue weighted by atomic mass is 32.1. The quantitative estimate of drug-likeness (QED) is 0.163. The largest absolute Gasteiger partial charge is 0.311 e. The van der Waals surface area contributed by atoms with E-state index in [1.54, 1.807) is 0 Å². The Morgan fingerprint density at radius 1 is 0.471 bits per heavy atom. The van der Waals surface area contributed by atoms with E-state index in [1.807, 2.05) is 11.3 Å². The number of anilines is 6. The fourth-order valence-corrected chi connectivity index (χ4v) is 13.6. The number of hydrogen-bond acceptors (Lipinski definition) is 3. The van der Waals surface area contributed by atoms with E-state index >= 15 is 0 Å². The lowest BCUT2D eigenvalue weighted by Crippen LogP contribution is -2.60. The smallest absolute Gasteiger partial charge is 0.264 e. The number of rotatable bonds is 3. The van der Waals surface area contributed by atoms with E-state index in [4.69, 9.17) is 0 Å². The number of nitrogens with zero attached hydrogens (tertiary/aromatic N) is 2. The molecule has 7 aromatic rings. The highest BCUT2D eigenvalue weighted by Crippen LogP contribution is 2.54. The van der Waals surface area contributed by atoms with Crippen LogP contribution in [0.15, 0.2) is 103 Å². The summed E-state index contributed by atoms with van der Waals surface area (Å²) >= 11 is 2.01. The van der Waals surface area contributed by atoms with Gasteiger partial charge in [0, 0.05) is 43.2 Å². The predicted molar refractivity (Wildman–Crippen MR) is 310 cm³/mol. The second-order valence-electron chi connectivity index (χ2n) is 28.1. The molecule has 2 aliphatic heterocycles. The van der Waals surface area contributed by atoms with E-state index in [-0.39, 0.29) is 44.6 Å². The molecule has 0 saturated heterocycles. The summed E-state index contributed by atoms with van der Waals surface area (Å²) in [6.07, 6.45) is 1.14. The number of hydrogen-bond donors (Lipinski definition) is 0. The van der Waals surface area contributed by atoms with Crippen molar-refractivity contribution in [2.45, 2.75) is 183 Å². The lowest BCUT2D eigenvalue weighted by Gasteiger charge is -2.44. The molecule has 0 fully saturated rings. The molecular weight excluding hydrogens is 864 g/mol. The summed E-state index contributed by atoms with van der Waals surface area (Å²) in [6.45, 7) is 47.5. The molecule has 4 heteroatoms. The zero-order valence-electron chi connectivity index (χ0n) is 46.4. The fraction of sp³-hybridized carbons (Fsp3) is 0.424. The molecule has 1 aliphatic carbocycles. The molecule has 3 heterocycles. The van der Waals surface area contributed by atoms with Gasteiger partial charge in [-0.25, -0.2) is 0 Å². The maximum Gasteiger partial charge on any atom is 0.264 e. The first kappa shape index (κ1) is 48.6. The maximum atomic E-state index is 2.70. The van der Waals surface area contributed by atoms with Gasteiger partial charge < -0.3 is 9.80 Å². The van der Waals surface area contributed by atoms with E-state index in [2.05, 4.69) is 251 Å². The van der Waals surface area contributed by atoms with Gasteiger partial charge in [-0.05, 0) is 167 Å². The van der Waals surface area contributed by atoms with Crippen molar-refractivity contribution >= 4 is 78.0 Å². The molecule has 3 aliphatic rings. The van der Waals surface area contributed by atoms with Gasteiger partial charge in [0.05, 0.1) is 11.4 Å². The van der Waals surface area contributed by atoms with Gasteiger partial charge in [0.2, 0.25) is 0 Å². The highest BCUT2D eigenvalue weighted by molar-refractivity contribution is 7.33. The van der Waals surface area contributed by atoms with Gasteiger partial charge in [-0.1, -0.05) is 180 Å². The summed E-state index contributed by atoms with van der Waals surface area (Å²) in [6, 6.07) is 42.2. The number of aryl methyl sites for hydroxylation is 1. The molecule has 0 radical (unpaired) electrons. The Balaban J connectivity index is 1.34. The molecule has 1 aromatic heterocycles. The summed E-state index contributed by atoms with van der Waals surface area (Å²) in [5, 5.41) is 1.35. The van der Waals surface area contributed by atoms with Gasteiger partial charge in [0.25, 0.3) is 6.71 Å². The van der Waals surface area contributed by atoms with Crippen LogP contribution in [0.1, 0.15) is 182 Å². The molecule has 0 amide bonds. The third-order valence-electron chi connectivity index (χ3n) is 16.2. The SMILES string of the molecule is Cc1cc2c3c(c1)N(c1ccc4c(c1)C(C)(C)CC4(C)C)c1c(sc4ccc(C(C)(C)C)cc14)B3c1cc(C(C)(C)C)ccc1N2c1ccc(C(C)(C)C)cc1-c1cc(C(C)(C)C)cc(C(C)(C)C)c1. The highest BCUT2D eigenvalue weighted by Gasteiger charge is 2.48. The Morgan fingerprint density at radius 2 is 0.986 bits per heavy atom. The first-order chi connectivity index (χ1) is 32.2. The maximum absolute atomic E-state index is 2.70. The van der Waals surface area contributed by atoms with Crippen molar-refractivity contribution < 1.29 is 0 Å². The average Bonchev–Trinajstić information content (AvgIpc) is 3.70. The van der Waals surface area contributed by atoms with Gasteiger partial charge in [-0.15, -0.1) is 11.3 Å². The van der Waals surface area contributed by atoms with Crippen molar-refractivity contribution in [1.29, 1.82) is 0 Å². The van der Waals surface area contributed by atoms with E-state index in [0.29, 0.717) is 0 Å². The van der Waals surface area contributed by atoms with Crippen molar-refractivity contribution in [2.24, 2.45) is 0 Å². The monoisotopic (exact) mass is 943 g/mol. The molecule has 0 spiro atoms. The van der Waals surface area contributed by atoms with Crippen LogP contribution in [0, 0.1) is 6.92 Å². The third kappa shape index (κ3) is 7.89. The minimum atomic E-state index is -0.0403. The molecule has 70 heavy (non-hydrogen) atoms. The van der Waals surface area contributed by atoms with Crippen LogP contribution in [-0.2, 0) is 37.9 Å². The Kier molecular flexibility index (Phi) is 10.7. The minimum Gasteiger partial charge on any atom is -0.311 e. The van der Waals surface area contributed by atoms with E-state index < -0.39 is 0 Å². The zero-order chi connectivity index (χ0) is 50.8. The van der Waals surface area contributed by atoms with Crippen LogP contribution in [0.4, 0.5) is 34.1 Å². The van der Waals surface area contributed by atoms with Crippen molar-refractivity contribution in [3.05, 3.63) is 148 Å². The lowest BCUT2D eigenvalue weighted by molar-refractivity contribution is 0.403. The molecule has 2 nitrogen and oxygen atoms in total.